The number of benzene rings is 1. The standard InChI is InChI=1S/C26H32Cl2FN5O2/c1-16(23-19(27)9-10-20(29)24(23)28)36-21-12-17(13-31-25(21)30)18-14-32-34(15-18)26(2,3)22(35)8-6-7-11-33(4)5/h9-10,12-16H,6-8,11H2,1-5H3,(H2,30,31). The summed E-state index contributed by atoms with van der Waals surface area (Å²) in [6.07, 6.45) is 6.66. The number of anilines is 1. The van der Waals surface area contributed by atoms with E-state index in [0.717, 1.165) is 24.9 Å². The molecule has 0 saturated carbocycles. The number of nitrogens with two attached hydrogens (primary N) is 1. The van der Waals surface area contributed by atoms with Gasteiger partial charge in [-0.05, 0) is 72.5 Å². The molecule has 194 valence electrons. The number of carbonyl (C=O) groups excluding carboxylic acids is 1. The number of hydrogen-bond donors (Lipinski definition) is 1. The van der Waals surface area contributed by atoms with Gasteiger partial charge in [0.15, 0.2) is 17.4 Å². The maximum Gasteiger partial charge on any atom is 0.166 e. The molecule has 2 heterocycles. The van der Waals surface area contributed by atoms with Crippen LogP contribution in [0, 0.1) is 5.82 Å². The Bertz CT molecular complexity index is 1230. The third-order valence-electron chi connectivity index (χ3n) is 6.10. The Morgan fingerprint density at radius 2 is 1.94 bits per heavy atom. The summed E-state index contributed by atoms with van der Waals surface area (Å²) in [6, 6.07) is 4.35. The Morgan fingerprint density at radius 1 is 1.22 bits per heavy atom. The van der Waals surface area contributed by atoms with E-state index in [1.807, 2.05) is 27.9 Å². The Balaban J connectivity index is 1.78. The van der Waals surface area contributed by atoms with Crippen molar-refractivity contribution in [2.45, 2.75) is 51.7 Å². The van der Waals surface area contributed by atoms with Gasteiger partial charge in [0.05, 0.1) is 11.2 Å². The molecule has 0 saturated heterocycles. The molecular weight excluding hydrogens is 504 g/mol. The van der Waals surface area contributed by atoms with Crippen molar-refractivity contribution in [3.8, 4) is 16.9 Å². The minimum Gasteiger partial charge on any atom is -0.482 e. The van der Waals surface area contributed by atoms with Crippen molar-refractivity contribution in [2.75, 3.05) is 26.4 Å². The maximum atomic E-state index is 14.0. The molecule has 1 unspecified atom stereocenters. The Hall–Kier alpha value is -2.68. The molecule has 0 fully saturated rings. The van der Waals surface area contributed by atoms with Crippen LogP contribution in [0.15, 0.2) is 36.8 Å². The zero-order valence-corrected chi connectivity index (χ0v) is 22.7. The number of ketones is 1. The Morgan fingerprint density at radius 3 is 2.64 bits per heavy atom. The van der Waals surface area contributed by atoms with Crippen LogP contribution < -0.4 is 10.5 Å². The van der Waals surface area contributed by atoms with Crippen LogP contribution in [0.5, 0.6) is 5.75 Å². The number of nitrogen functional groups attached to an aromatic ring is 1. The number of unbranched alkanes of at least 4 members (excludes halogenated alkanes) is 1. The van der Waals surface area contributed by atoms with Crippen molar-refractivity contribution < 1.29 is 13.9 Å². The highest BCUT2D eigenvalue weighted by Gasteiger charge is 2.30. The molecule has 0 aliphatic heterocycles. The van der Waals surface area contributed by atoms with Gasteiger partial charge in [0, 0.05) is 40.5 Å². The van der Waals surface area contributed by atoms with Gasteiger partial charge in [-0.15, -0.1) is 0 Å². The number of pyridine rings is 1. The fraction of sp³-hybridized carbons (Fsp3) is 0.423. The minimum atomic E-state index is -0.795. The predicted molar refractivity (Wildman–Crippen MR) is 142 cm³/mol. The van der Waals surface area contributed by atoms with Crippen LogP contribution in [-0.4, -0.2) is 46.1 Å². The third-order valence-corrected chi connectivity index (χ3v) is 6.82. The number of halogens is 3. The molecule has 2 aromatic heterocycles. The zero-order valence-electron chi connectivity index (χ0n) is 21.2. The number of carbonyl (C=O) groups is 1. The van der Waals surface area contributed by atoms with Gasteiger partial charge in [0.2, 0.25) is 0 Å². The summed E-state index contributed by atoms with van der Waals surface area (Å²) in [5.41, 5.74) is 7.01. The lowest BCUT2D eigenvalue weighted by atomic mass is 9.95. The number of rotatable bonds is 11. The first-order chi connectivity index (χ1) is 16.9. The average molecular weight is 536 g/mol. The van der Waals surface area contributed by atoms with Gasteiger partial charge in [0.1, 0.15) is 17.5 Å². The molecule has 0 aliphatic carbocycles. The number of hydrogen-bond acceptors (Lipinski definition) is 6. The SMILES string of the molecule is CC(Oc1cc(-c2cnn(C(C)(C)C(=O)CCCCN(C)C)c2)cnc1N)c1c(Cl)ccc(F)c1Cl. The molecule has 3 rings (SSSR count). The molecule has 7 nitrogen and oxygen atoms in total. The molecule has 1 aromatic carbocycles. The summed E-state index contributed by atoms with van der Waals surface area (Å²) < 4.78 is 21.6. The van der Waals surface area contributed by atoms with Crippen LogP contribution in [0.2, 0.25) is 10.0 Å². The van der Waals surface area contributed by atoms with Gasteiger partial charge in [-0.25, -0.2) is 9.37 Å². The quantitative estimate of drug-likeness (QED) is 0.234. The van der Waals surface area contributed by atoms with Crippen molar-refractivity contribution in [1.82, 2.24) is 19.7 Å². The molecule has 2 N–H and O–H groups in total. The Labute approximate surface area is 221 Å². The lowest BCUT2D eigenvalue weighted by molar-refractivity contribution is -0.126. The van der Waals surface area contributed by atoms with E-state index in [0.29, 0.717) is 23.3 Å². The van der Waals surface area contributed by atoms with Crippen LogP contribution in [0.1, 0.15) is 51.7 Å². The topological polar surface area (TPSA) is 86.3 Å². The number of nitrogens with zero attached hydrogens (tertiary/aromatic N) is 4. The average Bonchev–Trinajstić information content (AvgIpc) is 3.32. The second kappa shape index (κ2) is 11.6. The van der Waals surface area contributed by atoms with Crippen molar-refractivity contribution in [2.24, 2.45) is 0 Å². The summed E-state index contributed by atoms with van der Waals surface area (Å²) in [6.45, 7) is 6.37. The normalized spacial score (nSPS) is 12.7. The molecule has 0 radical (unpaired) electrons. The number of aromatic nitrogens is 3. The van der Waals surface area contributed by atoms with E-state index in [-0.39, 0.29) is 21.6 Å². The van der Waals surface area contributed by atoms with E-state index < -0.39 is 17.5 Å². The van der Waals surface area contributed by atoms with E-state index in [1.165, 1.54) is 12.1 Å². The van der Waals surface area contributed by atoms with Crippen LogP contribution in [-0.2, 0) is 10.3 Å². The monoisotopic (exact) mass is 535 g/mol. The van der Waals surface area contributed by atoms with Gasteiger partial charge >= 0.3 is 0 Å². The first-order valence-electron chi connectivity index (χ1n) is 11.7. The van der Waals surface area contributed by atoms with Crippen LogP contribution in [0.4, 0.5) is 10.2 Å². The van der Waals surface area contributed by atoms with Gasteiger partial charge in [0.25, 0.3) is 0 Å². The summed E-state index contributed by atoms with van der Waals surface area (Å²) in [5.74, 6) is -0.0167. The maximum absolute atomic E-state index is 14.0. The molecule has 0 aliphatic rings. The summed E-state index contributed by atoms with van der Waals surface area (Å²) in [4.78, 5) is 19.3. The Kier molecular flexibility index (Phi) is 8.98. The molecule has 10 heteroatoms. The number of ether oxygens (including phenoxy) is 1. The lowest BCUT2D eigenvalue weighted by Gasteiger charge is -2.24. The summed E-state index contributed by atoms with van der Waals surface area (Å²) >= 11 is 12.4. The highest BCUT2D eigenvalue weighted by molar-refractivity contribution is 6.36. The van der Waals surface area contributed by atoms with E-state index in [1.54, 1.807) is 36.3 Å². The van der Waals surface area contributed by atoms with Gasteiger partial charge in [-0.2, -0.15) is 5.10 Å². The van der Waals surface area contributed by atoms with Crippen molar-refractivity contribution in [1.29, 1.82) is 0 Å². The fourth-order valence-electron chi connectivity index (χ4n) is 3.80. The second-order valence-electron chi connectivity index (χ2n) is 9.54. The number of Topliss-reactive ketones (excluding diaryl/α,β-unsaturated/α-hetero) is 1. The van der Waals surface area contributed by atoms with E-state index in [4.69, 9.17) is 33.7 Å². The van der Waals surface area contributed by atoms with Gasteiger partial charge in [-0.1, -0.05) is 23.2 Å². The van der Waals surface area contributed by atoms with Crippen molar-refractivity contribution in [3.05, 3.63) is 58.2 Å². The third kappa shape index (κ3) is 6.35. The summed E-state index contributed by atoms with van der Waals surface area (Å²) in [5, 5.41) is 4.63. The van der Waals surface area contributed by atoms with Crippen LogP contribution in [0.25, 0.3) is 11.1 Å². The lowest BCUT2D eigenvalue weighted by Crippen LogP contribution is -2.36. The van der Waals surface area contributed by atoms with Crippen molar-refractivity contribution in [3.63, 3.8) is 0 Å². The summed E-state index contributed by atoms with van der Waals surface area (Å²) in [7, 11) is 4.04. The molecule has 36 heavy (non-hydrogen) atoms. The fourth-order valence-corrected chi connectivity index (χ4v) is 4.47. The van der Waals surface area contributed by atoms with E-state index in [2.05, 4.69) is 15.0 Å². The predicted octanol–water partition coefficient (Wildman–Crippen LogP) is 6.15. The molecule has 1 atom stereocenters. The van der Waals surface area contributed by atoms with Gasteiger partial charge < -0.3 is 15.4 Å². The van der Waals surface area contributed by atoms with Crippen molar-refractivity contribution >= 4 is 34.8 Å². The first-order valence-corrected chi connectivity index (χ1v) is 12.5. The molecule has 0 spiro atoms. The molecule has 3 aromatic rings. The second-order valence-corrected chi connectivity index (χ2v) is 10.3. The first kappa shape index (κ1) is 27.9. The van der Waals surface area contributed by atoms with E-state index >= 15 is 0 Å². The molecule has 0 bridgehead atoms. The smallest absolute Gasteiger partial charge is 0.166 e. The highest BCUT2D eigenvalue weighted by Crippen LogP contribution is 2.37. The van der Waals surface area contributed by atoms with E-state index in [9.17, 15) is 9.18 Å². The minimum absolute atomic E-state index is 0.104. The molecule has 0 amide bonds. The van der Waals surface area contributed by atoms with Crippen LogP contribution in [0.3, 0.4) is 0 Å². The highest BCUT2D eigenvalue weighted by atomic mass is 35.5. The van der Waals surface area contributed by atoms with Gasteiger partial charge in [-0.3, -0.25) is 9.48 Å². The zero-order chi connectivity index (χ0) is 26.6. The van der Waals surface area contributed by atoms with Crippen LogP contribution >= 0.6 is 23.2 Å². The largest absolute Gasteiger partial charge is 0.482 e. The molecular formula is C26H32Cl2FN5O2.